The first kappa shape index (κ1) is 23.3. The summed E-state index contributed by atoms with van der Waals surface area (Å²) in [4.78, 5) is 20.2. The molecule has 0 aliphatic rings. The van der Waals surface area contributed by atoms with Gasteiger partial charge in [-0.15, -0.1) is 0 Å². The molecule has 32 heavy (non-hydrogen) atoms. The highest BCUT2D eigenvalue weighted by molar-refractivity contribution is 6.00. The molecule has 0 saturated heterocycles. The Kier molecular flexibility index (Phi) is 7.13. The number of hydrogen-bond acceptors (Lipinski definition) is 7. The number of nitrogens with zero attached hydrogens (tertiary/aromatic N) is 4. The average molecular weight is 450 g/mol. The van der Waals surface area contributed by atoms with Crippen LogP contribution < -0.4 is 22.1 Å². The zero-order chi connectivity index (χ0) is 23.4. The highest BCUT2D eigenvalue weighted by Gasteiger charge is 2.20. The van der Waals surface area contributed by atoms with E-state index in [0.29, 0.717) is 28.9 Å². The van der Waals surface area contributed by atoms with Crippen LogP contribution in [-0.4, -0.2) is 44.7 Å². The monoisotopic (exact) mass is 450 g/mol. The molecule has 12 heteroatoms. The third kappa shape index (κ3) is 5.25. The number of nitrogens with two attached hydrogens (primary N) is 2. The van der Waals surface area contributed by atoms with E-state index in [4.69, 9.17) is 11.5 Å². The van der Waals surface area contributed by atoms with E-state index in [-0.39, 0.29) is 29.8 Å². The van der Waals surface area contributed by atoms with Crippen molar-refractivity contribution in [1.82, 2.24) is 19.7 Å². The molecule has 0 fully saturated rings. The van der Waals surface area contributed by atoms with Gasteiger partial charge in [0.15, 0.2) is 11.6 Å². The van der Waals surface area contributed by atoms with Crippen molar-refractivity contribution in [2.75, 3.05) is 17.2 Å². The summed E-state index contributed by atoms with van der Waals surface area (Å²) in [5, 5.41) is 10.3. The number of nitrogens with one attached hydrogen (secondary N) is 2. The van der Waals surface area contributed by atoms with Crippen molar-refractivity contribution in [3.8, 4) is 0 Å². The Hall–Kier alpha value is -3.41. The Balaban J connectivity index is 2.00. The molecule has 3 heterocycles. The minimum absolute atomic E-state index is 0.0161. The van der Waals surface area contributed by atoms with Crippen LogP contribution in [-0.2, 0) is 6.54 Å². The number of halogens is 3. The second-order valence-electron chi connectivity index (χ2n) is 7.75. The number of rotatable bonds is 10. The fourth-order valence-electron chi connectivity index (χ4n) is 3.34. The first-order valence-electron chi connectivity index (χ1n) is 10.0. The lowest BCUT2D eigenvalue weighted by Gasteiger charge is -2.21. The van der Waals surface area contributed by atoms with Crippen LogP contribution in [0.25, 0.3) is 10.9 Å². The Bertz CT molecular complexity index is 1100. The lowest BCUT2D eigenvalue weighted by atomic mass is 10.0. The molecule has 0 bridgehead atoms. The van der Waals surface area contributed by atoms with Gasteiger partial charge in [0.2, 0.25) is 0 Å². The van der Waals surface area contributed by atoms with Gasteiger partial charge in [-0.05, 0) is 18.4 Å². The molecule has 1 atom stereocenters. The Morgan fingerprint density at radius 1 is 1.22 bits per heavy atom. The highest BCUT2D eigenvalue weighted by Crippen LogP contribution is 2.28. The molecule has 172 valence electrons. The minimum atomic E-state index is -2.59. The molecule has 0 radical (unpaired) electrons. The normalized spacial score (nSPS) is 12.5. The standard InChI is InChI=1S/C20H25F3N8O/c1-10(2)3-11(5-24)28-20-14(21)4-12(18(25)32)19(30-20)29-15-7-26-8-16-13(15)6-27-31(16)9-17(22)23/h4,6-8,10-11,17H,3,5,9,24H2,1-2H3,(H2,25,32)(H2,28,29,30). The minimum Gasteiger partial charge on any atom is -0.365 e. The quantitative estimate of drug-likeness (QED) is 0.373. The second kappa shape index (κ2) is 9.81. The molecular formula is C20H25F3N8O. The van der Waals surface area contributed by atoms with Crippen LogP contribution in [0.2, 0.25) is 0 Å². The number of carbonyl (C=O) groups excluding carboxylic acids is 1. The van der Waals surface area contributed by atoms with Gasteiger partial charge in [-0.25, -0.2) is 18.2 Å². The number of amides is 1. The molecule has 9 nitrogen and oxygen atoms in total. The summed E-state index contributed by atoms with van der Waals surface area (Å²) in [6, 6.07) is 0.749. The lowest BCUT2D eigenvalue weighted by Crippen LogP contribution is -2.31. The van der Waals surface area contributed by atoms with E-state index in [1.807, 2.05) is 13.8 Å². The van der Waals surface area contributed by atoms with Gasteiger partial charge in [0, 0.05) is 18.0 Å². The number of pyridine rings is 2. The van der Waals surface area contributed by atoms with Crippen molar-refractivity contribution in [3.05, 3.63) is 36.0 Å². The topological polar surface area (TPSA) is 137 Å². The smallest absolute Gasteiger partial charge is 0.257 e. The second-order valence-corrected chi connectivity index (χ2v) is 7.75. The summed E-state index contributed by atoms with van der Waals surface area (Å²) in [5.41, 5.74) is 11.7. The fourth-order valence-corrected chi connectivity index (χ4v) is 3.34. The first-order chi connectivity index (χ1) is 15.2. The van der Waals surface area contributed by atoms with E-state index >= 15 is 0 Å². The van der Waals surface area contributed by atoms with Crippen LogP contribution >= 0.6 is 0 Å². The molecule has 1 unspecified atom stereocenters. The van der Waals surface area contributed by atoms with Gasteiger partial charge in [0.1, 0.15) is 12.4 Å². The fraction of sp³-hybridized carbons (Fsp3) is 0.400. The summed E-state index contributed by atoms with van der Waals surface area (Å²) in [5.74, 6) is -1.45. The first-order valence-corrected chi connectivity index (χ1v) is 10.0. The summed E-state index contributed by atoms with van der Waals surface area (Å²) in [7, 11) is 0. The SMILES string of the molecule is CC(C)CC(CN)Nc1nc(Nc2cncc3c2cnn3CC(F)F)c(C(N)=O)cc1F. The van der Waals surface area contributed by atoms with Gasteiger partial charge in [-0.3, -0.25) is 14.5 Å². The van der Waals surface area contributed by atoms with Gasteiger partial charge < -0.3 is 22.1 Å². The van der Waals surface area contributed by atoms with Crippen LogP contribution in [0.3, 0.4) is 0 Å². The number of anilines is 3. The third-order valence-corrected chi connectivity index (χ3v) is 4.76. The zero-order valence-electron chi connectivity index (χ0n) is 17.6. The van der Waals surface area contributed by atoms with Gasteiger partial charge in [0.05, 0.1) is 35.4 Å². The van der Waals surface area contributed by atoms with Crippen molar-refractivity contribution in [3.63, 3.8) is 0 Å². The number of aromatic nitrogens is 4. The number of carbonyl (C=O) groups is 1. The molecule has 0 aromatic carbocycles. The maximum Gasteiger partial charge on any atom is 0.257 e. The molecule has 6 N–H and O–H groups in total. The molecule has 1 amide bonds. The number of fused-ring (bicyclic) bond motifs is 1. The van der Waals surface area contributed by atoms with E-state index in [2.05, 4.69) is 25.7 Å². The lowest BCUT2D eigenvalue weighted by molar-refractivity contribution is 0.1000. The summed E-state index contributed by atoms with van der Waals surface area (Å²) < 4.78 is 41.4. The molecule has 3 aromatic rings. The summed E-state index contributed by atoms with van der Waals surface area (Å²) in [6.45, 7) is 3.69. The molecule has 0 aliphatic carbocycles. The van der Waals surface area contributed by atoms with Gasteiger partial charge >= 0.3 is 0 Å². The largest absolute Gasteiger partial charge is 0.365 e. The Labute approximate surface area is 182 Å². The van der Waals surface area contributed by atoms with Crippen LogP contribution in [0.4, 0.5) is 30.5 Å². The molecule has 0 aliphatic heterocycles. The molecule has 0 spiro atoms. The molecular weight excluding hydrogens is 425 g/mol. The van der Waals surface area contributed by atoms with Gasteiger partial charge in [0.25, 0.3) is 12.3 Å². The summed E-state index contributed by atoms with van der Waals surface area (Å²) >= 11 is 0. The number of alkyl halides is 2. The summed E-state index contributed by atoms with van der Waals surface area (Å²) in [6.07, 6.45) is 2.30. The third-order valence-electron chi connectivity index (χ3n) is 4.76. The number of primary amides is 1. The molecule has 3 rings (SSSR count). The molecule has 0 saturated carbocycles. The van der Waals surface area contributed by atoms with Crippen LogP contribution in [0.1, 0.15) is 30.6 Å². The Morgan fingerprint density at radius 3 is 2.59 bits per heavy atom. The van der Waals surface area contributed by atoms with E-state index in [0.717, 1.165) is 10.7 Å². The van der Waals surface area contributed by atoms with Crippen LogP contribution in [0.15, 0.2) is 24.7 Å². The predicted molar refractivity (Wildman–Crippen MR) is 115 cm³/mol. The Morgan fingerprint density at radius 2 is 1.97 bits per heavy atom. The van der Waals surface area contributed by atoms with Crippen LogP contribution in [0.5, 0.6) is 0 Å². The van der Waals surface area contributed by atoms with Crippen molar-refractivity contribution < 1.29 is 18.0 Å². The van der Waals surface area contributed by atoms with E-state index in [1.165, 1.54) is 18.6 Å². The van der Waals surface area contributed by atoms with Crippen molar-refractivity contribution in [2.45, 2.75) is 39.3 Å². The number of hydrogen-bond donors (Lipinski definition) is 4. The van der Waals surface area contributed by atoms with Crippen molar-refractivity contribution in [1.29, 1.82) is 0 Å². The zero-order valence-corrected chi connectivity index (χ0v) is 17.6. The average Bonchev–Trinajstić information content (AvgIpc) is 3.12. The van der Waals surface area contributed by atoms with E-state index in [9.17, 15) is 18.0 Å². The van der Waals surface area contributed by atoms with E-state index < -0.39 is 24.7 Å². The van der Waals surface area contributed by atoms with Gasteiger partial charge in [-0.1, -0.05) is 13.8 Å². The molecule has 3 aromatic heterocycles. The van der Waals surface area contributed by atoms with Gasteiger partial charge in [-0.2, -0.15) is 5.10 Å². The van der Waals surface area contributed by atoms with Crippen molar-refractivity contribution >= 4 is 34.1 Å². The maximum absolute atomic E-state index is 14.6. The highest BCUT2D eigenvalue weighted by atomic mass is 19.3. The maximum atomic E-state index is 14.6. The van der Waals surface area contributed by atoms with Crippen molar-refractivity contribution in [2.24, 2.45) is 17.4 Å². The predicted octanol–water partition coefficient (Wildman–Crippen LogP) is 2.86. The van der Waals surface area contributed by atoms with E-state index in [1.54, 1.807) is 0 Å². The van der Waals surface area contributed by atoms with Crippen LogP contribution in [0, 0.1) is 11.7 Å².